The van der Waals surface area contributed by atoms with Gasteiger partial charge in [-0.05, 0) is 18.6 Å². The molecule has 0 unspecified atom stereocenters. The summed E-state index contributed by atoms with van der Waals surface area (Å²) in [5.74, 6) is 0. The van der Waals surface area contributed by atoms with E-state index in [9.17, 15) is 4.39 Å². The van der Waals surface area contributed by atoms with Crippen molar-refractivity contribution in [2.24, 2.45) is 5.73 Å². The number of hydrogen-bond donors (Lipinski definition) is 1. The molecule has 0 spiro atoms. The minimum absolute atomic E-state index is 0.180. The van der Waals surface area contributed by atoms with Crippen LogP contribution in [0.1, 0.15) is 18.0 Å². The highest BCUT2D eigenvalue weighted by molar-refractivity contribution is 6.44. The lowest BCUT2D eigenvalue weighted by Gasteiger charge is -2.14. The second kappa shape index (κ2) is 5.17. The Balaban J connectivity index is 3.11. The fourth-order valence-electron chi connectivity index (χ4n) is 1.14. The number of rotatable bonds is 3. The molecule has 78 valence electrons. The van der Waals surface area contributed by atoms with Crippen molar-refractivity contribution in [3.8, 4) is 0 Å². The molecular weight excluding hydrogens is 247 g/mol. The molecule has 2 N–H and O–H groups in total. The third kappa shape index (κ3) is 2.51. The molecule has 0 heterocycles. The first-order valence-corrected chi connectivity index (χ1v) is 5.16. The van der Waals surface area contributed by atoms with Gasteiger partial charge >= 0.3 is 0 Å². The summed E-state index contributed by atoms with van der Waals surface area (Å²) >= 11 is 17.6. The van der Waals surface area contributed by atoms with Gasteiger partial charge in [0.05, 0.1) is 16.7 Å². The van der Waals surface area contributed by atoms with Gasteiger partial charge in [-0.3, -0.25) is 4.39 Å². The van der Waals surface area contributed by atoms with Crippen LogP contribution in [-0.4, -0.2) is 6.67 Å². The van der Waals surface area contributed by atoms with Crippen molar-refractivity contribution in [1.29, 1.82) is 0 Å². The molecule has 0 saturated heterocycles. The van der Waals surface area contributed by atoms with Gasteiger partial charge in [0, 0.05) is 16.6 Å². The number of hydrogen-bond acceptors (Lipinski definition) is 1. The van der Waals surface area contributed by atoms with Crippen molar-refractivity contribution in [1.82, 2.24) is 0 Å². The Morgan fingerprint density at radius 3 is 2.36 bits per heavy atom. The molecule has 0 bridgehead atoms. The molecule has 1 nitrogen and oxygen atoms in total. The predicted octanol–water partition coefficient (Wildman–Crippen LogP) is 4.01. The van der Waals surface area contributed by atoms with Gasteiger partial charge in [-0.2, -0.15) is 0 Å². The fourth-order valence-corrected chi connectivity index (χ4v) is 1.96. The Labute approximate surface area is 96.9 Å². The SMILES string of the molecule is N[C@H](CCF)c1c(Cl)ccc(Cl)c1Cl. The van der Waals surface area contributed by atoms with Crippen LogP contribution < -0.4 is 5.73 Å². The molecule has 0 aliphatic heterocycles. The average Bonchev–Trinajstić information content (AvgIpc) is 2.13. The quantitative estimate of drug-likeness (QED) is 0.813. The normalized spacial score (nSPS) is 12.9. The third-order valence-corrected chi connectivity index (χ3v) is 3.02. The van der Waals surface area contributed by atoms with Gasteiger partial charge < -0.3 is 5.73 Å². The fraction of sp³-hybridized carbons (Fsp3) is 0.333. The van der Waals surface area contributed by atoms with E-state index in [2.05, 4.69) is 0 Å². The summed E-state index contributed by atoms with van der Waals surface area (Å²) in [4.78, 5) is 0. The predicted molar refractivity (Wildman–Crippen MR) is 59.0 cm³/mol. The summed E-state index contributed by atoms with van der Waals surface area (Å²) in [7, 11) is 0. The lowest BCUT2D eigenvalue weighted by molar-refractivity contribution is 0.442. The van der Waals surface area contributed by atoms with Gasteiger partial charge in [0.25, 0.3) is 0 Å². The summed E-state index contributed by atoms with van der Waals surface area (Å²) in [6, 6.07) is 2.67. The molecular formula is C9H9Cl3FN. The molecule has 14 heavy (non-hydrogen) atoms. The van der Waals surface area contributed by atoms with E-state index in [0.717, 1.165) is 0 Å². The van der Waals surface area contributed by atoms with Crippen molar-refractivity contribution in [2.45, 2.75) is 12.5 Å². The van der Waals surface area contributed by atoms with E-state index in [-0.39, 0.29) is 6.42 Å². The van der Waals surface area contributed by atoms with Crippen LogP contribution in [0.25, 0.3) is 0 Å². The van der Waals surface area contributed by atoms with Crippen LogP contribution in [0, 0.1) is 0 Å². The summed E-state index contributed by atoms with van der Waals surface area (Å²) in [5, 5.41) is 1.10. The first-order chi connectivity index (χ1) is 6.57. The van der Waals surface area contributed by atoms with Gasteiger partial charge in [-0.25, -0.2) is 0 Å². The van der Waals surface area contributed by atoms with Crippen LogP contribution in [0.2, 0.25) is 15.1 Å². The minimum Gasteiger partial charge on any atom is -0.324 e. The lowest BCUT2D eigenvalue weighted by Crippen LogP contribution is -2.12. The van der Waals surface area contributed by atoms with E-state index in [1.54, 1.807) is 12.1 Å². The van der Waals surface area contributed by atoms with Crippen molar-refractivity contribution in [3.05, 3.63) is 32.8 Å². The number of alkyl halides is 1. The van der Waals surface area contributed by atoms with E-state index in [4.69, 9.17) is 40.5 Å². The molecule has 0 saturated carbocycles. The zero-order chi connectivity index (χ0) is 10.7. The van der Waals surface area contributed by atoms with Crippen LogP contribution in [0.3, 0.4) is 0 Å². The Kier molecular flexibility index (Phi) is 4.45. The van der Waals surface area contributed by atoms with Crippen molar-refractivity contribution in [3.63, 3.8) is 0 Å². The van der Waals surface area contributed by atoms with Gasteiger partial charge in [0.2, 0.25) is 0 Å². The van der Waals surface area contributed by atoms with Crippen LogP contribution in [0.5, 0.6) is 0 Å². The minimum atomic E-state index is -0.515. The third-order valence-electron chi connectivity index (χ3n) is 1.87. The maximum absolute atomic E-state index is 12.1. The van der Waals surface area contributed by atoms with Crippen LogP contribution in [-0.2, 0) is 0 Å². The smallest absolute Gasteiger partial charge is 0.0912 e. The monoisotopic (exact) mass is 255 g/mol. The molecule has 0 radical (unpaired) electrons. The molecule has 0 fully saturated rings. The standard InChI is InChI=1S/C9H9Cl3FN/c10-5-1-2-6(11)9(12)8(5)7(14)3-4-13/h1-2,7H,3-4,14H2/t7-/m1/s1. The Morgan fingerprint density at radius 2 is 1.79 bits per heavy atom. The molecule has 0 aliphatic carbocycles. The summed E-state index contributed by atoms with van der Waals surface area (Å²) in [6.45, 7) is -0.514. The van der Waals surface area contributed by atoms with Crippen LogP contribution in [0.4, 0.5) is 4.39 Å². The molecule has 1 rings (SSSR count). The van der Waals surface area contributed by atoms with E-state index in [0.29, 0.717) is 20.6 Å². The van der Waals surface area contributed by atoms with Gasteiger partial charge in [-0.15, -0.1) is 0 Å². The molecule has 1 atom stereocenters. The topological polar surface area (TPSA) is 26.0 Å². The number of benzene rings is 1. The zero-order valence-corrected chi connectivity index (χ0v) is 9.50. The summed E-state index contributed by atoms with van der Waals surface area (Å²) in [5.41, 5.74) is 6.22. The van der Waals surface area contributed by atoms with Crippen LogP contribution in [0.15, 0.2) is 12.1 Å². The van der Waals surface area contributed by atoms with Gasteiger partial charge in [0.1, 0.15) is 0 Å². The Morgan fingerprint density at radius 1 is 1.21 bits per heavy atom. The Bertz CT molecular complexity index is 330. The van der Waals surface area contributed by atoms with Crippen molar-refractivity contribution < 1.29 is 4.39 Å². The summed E-state index contributed by atoms with van der Waals surface area (Å²) in [6.07, 6.45) is 0.180. The highest BCUT2D eigenvalue weighted by Crippen LogP contribution is 2.35. The van der Waals surface area contributed by atoms with E-state index in [1.165, 1.54) is 0 Å². The maximum atomic E-state index is 12.1. The van der Waals surface area contributed by atoms with Gasteiger partial charge in [-0.1, -0.05) is 34.8 Å². The Hall–Kier alpha value is -0.0200. The molecule has 1 aromatic carbocycles. The van der Waals surface area contributed by atoms with E-state index < -0.39 is 12.7 Å². The lowest BCUT2D eigenvalue weighted by atomic mass is 10.1. The largest absolute Gasteiger partial charge is 0.324 e. The second-order valence-electron chi connectivity index (χ2n) is 2.84. The van der Waals surface area contributed by atoms with Crippen LogP contribution >= 0.6 is 34.8 Å². The van der Waals surface area contributed by atoms with Crippen molar-refractivity contribution >= 4 is 34.8 Å². The molecule has 5 heteroatoms. The molecule has 0 amide bonds. The zero-order valence-electron chi connectivity index (χ0n) is 7.24. The van der Waals surface area contributed by atoms with Gasteiger partial charge in [0.15, 0.2) is 0 Å². The highest BCUT2D eigenvalue weighted by atomic mass is 35.5. The van der Waals surface area contributed by atoms with Crippen molar-refractivity contribution in [2.75, 3.05) is 6.67 Å². The highest BCUT2D eigenvalue weighted by Gasteiger charge is 2.16. The van der Waals surface area contributed by atoms with E-state index >= 15 is 0 Å². The molecule has 0 aromatic heterocycles. The first kappa shape index (κ1) is 12.1. The second-order valence-corrected chi connectivity index (χ2v) is 4.03. The maximum Gasteiger partial charge on any atom is 0.0912 e. The summed E-state index contributed by atoms with van der Waals surface area (Å²) < 4.78 is 12.1. The molecule has 0 aliphatic rings. The number of halogens is 4. The molecule has 1 aromatic rings. The average molecular weight is 257 g/mol. The first-order valence-electron chi connectivity index (χ1n) is 4.03. The van der Waals surface area contributed by atoms with E-state index in [1.807, 2.05) is 0 Å². The number of nitrogens with two attached hydrogens (primary N) is 1.